The minimum Gasteiger partial charge on any atom is -0.307 e. The predicted octanol–water partition coefficient (Wildman–Crippen LogP) is 4.31. The molecule has 0 spiro atoms. The summed E-state index contributed by atoms with van der Waals surface area (Å²) in [4.78, 5) is 4.48. The van der Waals surface area contributed by atoms with Gasteiger partial charge in [0.25, 0.3) is 0 Å². The SMILES string of the molecule is CC(C)c1cc2cccnn2n1.CC(C)c1cn2ccccc2n1. The standard InChI is InChI=1S/C10H12N2.C9H11N3/c1-8(2)9-7-12-6-4-3-5-10(12)11-9;1-7(2)9-6-8-4-3-5-10-12(8)11-9/h3-8H,1-2H3;3-7H,1-2H3. The lowest BCUT2D eigenvalue weighted by Crippen LogP contribution is -1.93. The summed E-state index contributed by atoms with van der Waals surface area (Å²) < 4.78 is 3.71. The van der Waals surface area contributed by atoms with Crippen LogP contribution in [0.3, 0.4) is 0 Å². The number of hydrogen-bond acceptors (Lipinski definition) is 3. The second kappa shape index (κ2) is 6.83. The Labute approximate surface area is 142 Å². The van der Waals surface area contributed by atoms with Crippen LogP contribution in [-0.2, 0) is 0 Å². The van der Waals surface area contributed by atoms with Crippen molar-refractivity contribution in [3.05, 3.63) is 66.4 Å². The Kier molecular flexibility index (Phi) is 4.60. The average Bonchev–Trinajstić information content (AvgIpc) is 3.19. The van der Waals surface area contributed by atoms with E-state index in [4.69, 9.17) is 0 Å². The first-order chi connectivity index (χ1) is 11.5. The number of pyridine rings is 1. The quantitative estimate of drug-likeness (QED) is 0.553. The molecule has 0 aromatic carbocycles. The molecule has 0 unspecified atom stereocenters. The van der Waals surface area contributed by atoms with Crippen molar-refractivity contribution in [1.29, 1.82) is 0 Å². The molecule has 0 aliphatic rings. The molecular formula is C19H23N5. The van der Waals surface area contributed by atoms with Gasteiger partial charge in [0.1, 0.15) is 5.65 Å². The Hall–Kier alpha value is -2.69. The van der Waals surface area contributed by atoms with Gasteiger partial charge in [0.15, 0.2) is 0 Å². The maximum atomic E-state index is 4.48. The van der Waals surface area contributed by atoms with Crippen molar-refractivity contribution in [2.75, 3.05) is 0 Å². The maximum Gasteiger partial charge on any atom is 0.136 e. The summed E-state index contributed by atoms with van der Waals surface area (Å²) in [5, 5.41) is 8.41. The van der Waals surface area contributed by atoms with E-state index in [0.29, 0.717) is 11.8 Å². The van der Waals surface area contributed by atoms with Gasteiger partial charge in [0.05, 0.1) is 16.9 Å². The molecule has 24 heavy (non-hydrogen) atoms. The highest BCUT2D eigenvalue weighted by molar-refractivity contribution is 5.46. The molecule has 124 valence electrons. The summed E-state index contributed by atoms with van der Waals surface area (Å²) >= 11 is 0. The molecule has 4 aromatic heterocycles. The average molecular weight is 321 g/mol. The summed E-state index contributed by atoms with van der Waals surface area (Å²) in [5.41, 5.74) is 4.33. The van der Waals surface area contributed by atoms with E-state index in [0.717, 1.165) is 22.6 Å². The first kappa shape index (κ1) is 16.2. The molecular weight excluding hydrogens is 298 g/mol. The summed E-state index contributed by atoms with van der Waals surface area (Å²) in [6, 6.07) is 12.0. The van der Waals surface area contributed by atoms with Gasteiger partial charge in [-0.3, -0.25) is 0 Å². The highest BCUT2D eigenvalue weighted by Gasteiger charge is 2.04. The minimum atomic E-state index is 0.465. The van der Waals surface area contributed by atoms with Crippen LogP contribution in [0, 0.1) is 0 Å². The van der Waals surface area contributed by atoms with Crippen LogP contribution in [0.2, 0.25) is 0 Å². The fraction of sp³-hybridized carbons (Fsp3) is 0.316. The van der Waals surface area contributed by atoms with Gasteiger partial charge in [-0.1, -0.05) is 33.8 Å². The molecule has 0 bridgehead atoms. The Balaban J connectivity index is 0.000000141. The third-order valence-electron chi connectivity index (χ3n) is 3.83. The molecule has 5 heteroatoms. The number of hydrogen-bond donors (Lipinski definition) is 0. The third kappa shape index (κ3) is 3.45. The van der Waals surface area contributed by atoms with Gasteiger partial charge in [-0.25, -0.2) is 4.98 Å². The molecule has 5 nitrogen and oxygen atoms in total. The lowest BCUT2D eigenvalue weighted by molar-refractivity contribution is 0.733. The highest BCUT2D eigenvalue weighted by atomic mass is 15.4. The van der Waals surface area contributed by atoms with Gasteiger partial charge in [0, 0.05) is 18.6 Å². The lowest BCUT2D eigenvalue weighted by Gasteiger charge is -1.94. The number of fused-ring (bicyclic) bond motifs is 2. The van der Waals surface area contributed by atoms with Crippen LogP contribution in [0.15, 0.2) is 55.0 Å². The molecule has 4 heterocycles. The topological polar surface area (TPSA) is 47.5 Å². The Morgan fingerprint density at radius 1 is 0.917 bits per heavy atom. The molecule has 0 saturated heterocycles. The molecule has 4 rings (SSSR count). The highest BCUT2D eigenvalue weighted by Crippen LogP contribution is 2.14. The Bertz CT molecular complexity index is 789. The number of nitrogens with zero attached hydrogens (tertiary/aromatic N) is 5. The molecule has 0 fully saturated rings. The second-order valence-electron chi connectivity index (χ2n) is 6.45. The summed E-state index contributed by atoms with van der Waals surface area (Å²) in [6.45, 7) is 8.56. The van der Waals surface area contributed by atoms with E-state index in [2.05, 4.69) is 59.5 Å². The monoisotopic (exact) mass is 321 g/mol. The Morgan fingerprint density at radius 2 is 1.71 bits per heavy atom. The van der Waals surface area contributed by atoms with Crippen molar-refractivity contribution in [3.63, 3.8) is 0 Å². The van der Waals surface area contributed by atoms with Gasteiger partial charge in [-0.05, 0) is 42.2 Å². The molecule has 4 aromatic rings. The van der Waals surface area contributed by atoms with E-state index in [1.165, 1.54) is 0 Å². The van der Waals surface area contributed by atoms with Crippen LogP contribution in [0.25, 0.3) is 11.2 Å². The van der Waals surface area contributed by atoms with Gasteiger partial charge in [-0.2, -0.15) is 14.8 Å². The van der Waals surface area contributed by atoms with E-state index in [-0.39, 0.29) is 0 Å². The Morgan fingerprint density at radius 3 is 2.38 bits per heavy atom. The van der Waals surface area contributed by atoms with E-state index < -0.39 is 0 Å². The van der Waals surface area contributed by atoms with Crippen LogP contribution < -0.4 is 0 Å². The van der Waals surface area contributed by atoms with Gasteiger partial charge >= 0.3 is 0 Å². The van der Waals surface area contributed by atoms with Crippen molar-refractivity contribution < 1.29 is 0 Å². The van der Waals surface area contributed by atoms with Crippen molar-refractivity contribution in [3.8, 4) is 0 Å². The lowest BCUT2D eigenvalue weighted by atomic mass is 10.1. The largest absolute Gasteiger partial charge is 0.307 e. The van der Waals surface area contributed by atoms with Crippen LogP contribution in [0.5, 0.6) is 0 Å². The number of imidazole rings is 1. The van der Waals surface area contributed by atoms with E-state index in [1.54, 1.807) is 10.8 Å². The van der Waals surface area contributed by atoms with Crippen molar-refractivity contribution in [1.82, 2.24) is 24.2 Å². The minimum absolute atomic E-state index is 0.465. The fourth-order valence-electron chi connectivity index (χ4n) is 2.37. The van der Waals surface area contributed by atoms with Crippen LogP contribution in [0.1, 0.15) is 50.9 Å². The summed E-state index contributed by atoms with van der Waals surface area (Å²) in [6.07, 6.45) is 5.85. The molecule has 0 atom stereocenters. The third-order valence-corrected chi connectivity index (χ3v) is 3.83. The zero-order valence-electron chi connectivity index (χ0n) is 14.6. The number of rotatable bonds is 2. The van der Waals surface area contributed by atoms with Crippen LogP contribution >= 0.6 is 0 Å². The van der Waals surface area contributed by atoms with Gasteiger partial charge in [-0.15, -0.1) is 0 Å². The molecule has 0 aliphatic carbocycles. The van der Waals surface area contributed by atoms with Gasteiger partial charge < -0.3 is 4.40 Å². The maximum absolute atomic E-state index is 4.48. The number of aromatic nitrogens is 5. The molecule has 0 amide bonds. The van der Waals surface area contributed by atoms with Crippen molar-refractivity contribution in [2.24, 2.45) is 0 Å². The first-order valence-electron chi connectivity index (χ1n) is 8.29. The summed E-state index contributed by atoms with van der Waals surface area (Å²) in [5.74, 6) is 0.969. The predicted molar refractivity (Wildman–Crippen MR) is 96.4 cm³/mol. The van der Waals surface area contributed by atoms with Crippen molar-refractivity contribution in [2.45, 2.75) is 39.5 Å². The molecule has 0 saturated carbocycles. The smallest absolute Gasteiger partial charge is 0.136 e. The fourth-order valence-corrected chi connectivity index (χ4v) is 2.37. The first-order valence-corrected chi connectivity index (χ1v) is 8.29. The molecule has 0 radical (unpaired) electrons. The van der Waals surface area contributed by atoms with Crippen LogP contribution in [0.4, 0.5) is 0 Å². The van der Waals surface area contributed by atoms with Gasteiger partial charge in [0.2, 0.25) is 0 Å². The van der Waals surface area contributed by atoms with E-state index in [9.17, 15) is 0 Å². The molecule has 0 N–H and O–H groups in total. The zero-order chi connectivity index (χ0) is 17.1. The second-order valence-corrected chi connectivity index (χ2v) is 6.45. The zero-order valence-corrected chi connectivity index (χ0v) is 14.6. The van der Waals surface area contributed by atoms with Crippen molar-refractivity contribution >= 4 is 11.2 Å². The van der Waals surface area contributed by atoms with E-state index in [1.807, 2.05) is 36.5 Å². The van der Waals surface area contributed by atoms with Crippen LogP contribution in [-0.4, -0.2) is 24.2 Å². The van der Waals surface area contributed by atoms with E-state index >= 15 is 0 Å². The molecule has 0 aliphatic heterocycles. The summed E-state index contributed by atoms with van der Waals surface area (Å²) in [7, 11) is 0. The normalized spacial score (nSPS) is 11.2.